The minimum absolute atomic E-state index is 0.0530. The fourth-order valence-electron chi connectivity index (χ4n) is 2.81. The van der Waals surface area contributed by atoms with Crippen molar-refractivity contribution in [1.82, 2.24) is 0 Å². The molecular formula is C22H20O7S. The summed E-state index contributed by atoms with van der Waals surface area (Å²) in [4.78, 5) is 23.1. The Bertz CT molecular complexity index is 1060. The zero-order chi connectivity index (χ0) is 21.5. The Morgan fingerprint density at radius 2 is 1.77 bits per heavy atom. The third kappa shape index (κ3) is 5.22. The van der Waals surface area contributed by atoms with Crippen molar-refractivity contribution in [2.45, 2.75) is 17.9 Å². The van der Waals surface area contributed by atoms with Crippen molar-refractivity contribution in [3.63, 3.8) is 0 Å². The first-order valence-corrected chi connectivity index (χ1v) is 10.1. The molecule has 0 spiro atoms. The van der Waals surface area contributed by atoms with Crippen LogP contribution in [0.1, 0.15) is 11.1 Å². The molecule has 0 fully saturated rings. The summed E-state index contributed by atoms with van der Waals surface area (Å²) in [7, 11) is 0. The van der Waals surface area contributed by atoms with E-state index in [2.05, 4.69) is 0 Å². The van der Waals surface area contributed by atoms with Crippen LogP contribution in [0.3, 0.4) is 0 Å². The van der Waals surface area contributed by atoms with E-state index in [0.29, 0.717) is 23.5 Å². The Morgan fingerprint density at radius 1 is 1.07 bits per heavy atom. The van der Waals surface area contributed by atoms with Crippen molar-refractivity contribution >= 4 is 17.7 Å². The minimum atomic E-state index is -1.10. The number of thioether (sulfide) groups is 1. The summed E-state index contributed by atoms with van der Waals surface area (Å²) in [6, 6.07) is 15.9. The lowest BCUT2D eigenvalue weighted by molar-refractivity contribution is -0.139. The van der Waals surface area contributed by atoms with Crippen LogP contribution in [0.25, 0.3) is 11.3 Å². The number of aromatic hydroxyl groups is 1. The predicted molar refractivity (Wildman–Crippen MR) is 112 cm³/mol. The molecule has 7 nitrogen and oxygen atoms in total. The Morgan fingerprint density at radius 3 is 2.40 bits per heavy atom. The van der Waals surface area contributed by atoms with Gasteiger partial charge < -0.3 is 24.5 Å². The minimum Gasteiger partial charge on any atom is -0.506 e. The summed E-state index contributed by atoms with van der Waals surface area (Å²) < 4.78 is 10.5. The van der Waals surface area contributed by atoms with Crippen LogP contribution < -0.4 is 10.4 Å². The quantitative estimate of drug-likeness (QED) is 0.445. The first kappa shape index (κ1) is 21.5. The van der Waals surface area contributed by atoms with Crippen molar-refractivity contribution < 1.29 is 29.3 Å². The molecule has 156 valence electrons. The van der Waals surface area contributed by atoms with Crippen LogP contribution >= 0.6 is 11.8 Å². The summed E-state index contributed by atoms with van der Waals surface area (Å²) in [5.41, 5.74) is 0.966. The third-order valence-corrected chi connectivity index (χ3v) is 5.33. The molecule has 0 aliphatic carbocycles. The van der Waals surface area contributed by atoms with Crippen molar-refractivity contribution in [1.29, 1.82) is 0 Å². The van der Waals surface area contributed by atoms with Crippen molar-refractivity contribution in [3.05, 3.63) is 76.1 Å². The summed E-state index contributed by atoms with van der Waals surface area (Å²) in [5.74, 6) is -0.461. The fraction of sp³-hybridized carbons (Fsp3) is 0.182. The number of ether oxygens (including phenoxy) is 1. The third-order valence-electron chi connectivity index (χ3n) is 4.27. The molecule has 0 aliphatic heterocycles. The lowest BCUT2D eigenvalue weighted by atomic mass is 10.1. The second-order valence-electron chi connectivity index (χ2n) is 6.32. The summed E-state index contributed by atoms with van der Waals surface area (Å²) in [6.07, 6.45) is 0.707. The number of carboxylic acid groups (broad SMARTS) is 1. The number of hydrogen-bond acceptors (Lipinski definition) is 7. The lowest BCUT2D eigenvalue weighted by Crippen LogP contribution is -2.09. The molecule has 0 unspecified atom stereocenters. The van der Waals surface area contributed by atoms with E-state index in [-0.39, 0.29) is 22.0 Å². The molecule has 1 aromatic heterocycles. The van der Waals surface area contributed by atoms with Crippen LogP contribution in [-0.2, 0) is 17.8 Å². The second-order valence-corrected chi connectivity index (χ2v) is 7.43. The van der Waals surface area contributed by atoms with Gasteiger partial charge in [0.25, 0.3) is 0 Å². The van der Waals surface area contributed by atoms with Crippen molar-refractivity contribution in [2.75, 3.05) is 12.4 Å². The molecule has 0 saturated heterocycles. The molecule has 30 heavy (non-hydrogen) atoms. The van der Waals surface area contributed by atoms with Crippen LogP contribution in [0, 0.1) is 0 Å². The van der Waals surface area contributed by atoms with Gasteiger partial charge in [0, 0.05) is 11.3 Å². The fourth-order valence-corrected chi connectivity index (χ4v) is 3.77. The molecule has 2 aromatic carbocycles. The highest BCUT2D eigenvalue weighted by atomic mass is 32.2. The molecule has 0 saturated carbocycles. The number of aliphatic hydroxyl groups excluding tert-OH is 1. The number of carbonyl (C=O) groups is 1. The number of rotatable bonds is 9. The molecule has 0 aliphatic rings. The van der Waals surface area contributed by atoms with Gasteiger partial charge in [0.05, 0.1) is 12.2 Å². The average molecular weight is 428 g/mol. The van der Waals surface area contributed by atoms with Crippen LogP contribution in [-0.4, -0.2) is 33.6 Å². The van der Waals surface area contributed by atoms with Crippen molar-refractivity contribution in [3.8, 4) is 22.8 Å². The molecule has 0 bridgehead atoms. The maximum Gasteiger partial charge on any atom is 0.353 e. The molecule has 3 rings (SSSR count). The zero-order valence-electron chi connectivity index (χ0n) is 15.9. The topological polar surface area (TPSA) is 117 Å². The van der Waals surface area contributed by atoms with E-state index in [4.69, 9.17) is 14.3 Å². The highest BCUT2D eigenvalue weighted by molar-refractivity contribution is 7.99. The van der Waals surface area contributed by atoms with Gasteiger partial charge in [-0.15, -0.1) is 11.8 Å². The van der Waals surface area contributed by atoms with E-state index >= 15 is 0 Å². The molecule has 1 heterocycles. The van der Waals surface area contributed by atoms with Crippen LogP contribution in [0.4, 0.5) is 0 Å². The maximum absolute atomic E-state index is 12.5. The van der Waals surface area contributed by atoms with Gasteiger partial charge in [-0.05, 0) is 36.2 Å². The summed E-state index contributed by atoms with van der Waals surface area (Å²) in [6.45, 7) is -1.000. The van der Waals surface area contributed by atoms with Crippen LogP contribution in [0.15, 0.2) is 68.7 Å². The highest BCUT2D eigenvalue weighted by Gasteiger charge is 2.20. The molecule has 0 atom stereocenters. The molecule has 3 N–H and O–H groups in total. The maximum atomic E-state index is 12.5. The predicted octanol–water partition coefficient (Wildman–Crippen LogP) is 3.30. The van der Waals surface area contributed by atoms with Crippen LogP contribution in [0.5, 0.6) is 11.5 Å². The Balaban J connectivity index is 1.81. The number of aliphatic hydroxyl groups is 1. The van der Waals surface area contributed by atoms with Gasteiger partial charge in [-0.25, -0.2) is 9.59 Å². The van der Waals surface area contributed by atoms with E-state index in [1.54, 1.807) is 12.1 Å². The zero-order valence-corrected chi connectivity index (χ0v) is 16.7. The summed E-state index contributed by atoms with van der Waals surface area (Å²) >= 11 is 1.17. The number of carboxylic acids is 1. The van der Waals surface area contributed by atoms with Gasteiger partial charge in [0.1, 0.15) is 22.2 Å². The standard InChI is InChI=1S/C22H20O7S/c23-12-17-19(26)21(30-11-10-14-4-2-1-3-5-14)22(27)29-20(17)15-6-8-16(9-7-15)28-13-18(24)25/h1-9,23,26H,10-13H2,(H,24,25). The van der Waals surface area contributed by atoms with E-state index in [9.17, 15) is 19.8 Å². The number of benzene rings is 2. The Kier molecular flexibility index (Phi) is 7.16. The second kappa shape index (κ2) is 10.00. The largest absolute Gasteiger partial charge is 0.506 e. The van der Waals surface area contributed by atoms with Gasteiger partial charge in [-0.2, -0.15) is 0 Å². The van der Waals surface area contributed by atoms with E-state index in [0.717, 1.165) is 5.56 Å². The molecule has 3 aromatic rings. The van der Waals surface area contributed by atoms with Gasteiger partial charge in [0.2, 0.25) is 0 Å². The number of hydrogen-bond donors (Lipinski definition) is 3. The van der Waals surface area contributed by atoms with Crippen LogP contribution in [0.2, 0.25) is 0 Å². The first-order chi connectivity index (χ1) is 14.5. The van der Waals surface area contributed by atoms with E-state index < -0.39 is 24.8 Å². The molecule has 0 radical (unpaired) electrons. The van der Waals surface area contributed by atoms with Gasteiger partial charge in [-0.3, -0.25) is 0 Å². The SMILES string of the molecule is O=C(O)COc1ccc(-c2oc(=O)c(SCCc3ccccc3)c(O)c2CO)cc1. The van der Waals surface area contributed by atoms with E-state index in [1.165, 1.54) is 23.9 Å². The average Bonchev–Trinajstić information content (AvgIpc) is 2.75. The smallest absolute Gasteiger partial charge is 0.353 e. The van der Waals surface area contributed by atoms with Gasteiger partial charge >= 0.3 is 11.6 Å². The van der Waals surface area contributed by atoms with Gasteiger partial charge in [0.15, 0.2) is 6.61 Å². The Labute approximate surface area is 176 Å². The Hall–Kier alpha value is -3.23. The molecule has 8 heteroatoms. The number of aryl methyl sites for hydroxylation is 1. The lowest BCUT2D eigenvalue weighted by Gasteiger charge is -2.12. The molecular weight excluding hydrogens is 408 g/mol. The number of aliphatic carboxylic acids is 1. The van der Waals surface area contributed by atoms with Gasteiger partial charge in [-0.1, -0.05) is 30.3 Å². The summed E-state index contributed by atoms with van der Waals surface area (Å²) in [5, 5.41) is 29.0. The normalized spacial score (nSPS) is 10.7. The van der Waals surface area contributed by atoms with E-state index in [1.807, 2.05) is 30.3 Å². The molecule has 0 amide bonds. The first-order valence-electron chi connectivity index (χ1n) is 9.11. The highest BCUT2D eigenvalue weighted by Crippen LogP contribution is 2.36. The monoisotopic (exact) mass is 428 g/mol. The van der Waals surface area contributed by atoms with Crippen molar-refractivity contribution in [2.24, 2.45) is 0 Å².